The van der Waals surface area contributed by atoms with Gasteiger partial charge in [0.1, 0.15) is 16.3 Å². The van der Waals surface area contributed by atoms with Gasteiger partial charge in [-0.05, 0) is 6.26 Å². The van der Waals surface area contributed by atoms with Crippen LogP contribution in [0.4, 0.5) is 0 Å². The molecule has 0 aromatic carbocycles. The van der Waals surface area contributed by atoms with Gasteiger partial charge in [-0.2, -0.15) is 0 Å². The van der Waals surface area contributed by atoms with Crippen LogP contribution in [0.3, 0.4) is 0 Å². The van der Waals surface area contributed by atoms with Crippen molar-refractivity contribution in [2.75, 3.05) is 24.4 Å². The van der Waals surface area contributed by atoms with E-state index in [2.05, 4.69) is 0 Å². The average Bonchev–Trinajstić information content (AvgIpc) is 2.69. The average molecular weight is 471 g/mol. The Kier molecular flexibility index (Phi) is 10.2. The maximum absolute atomic E-state index is 10.3. The van der Waals surface area contributed by atoms with Crippen LogP contribution in [0.25, 0.3) is 0 Å². The van der Waals surface area contributed by atoms with E-state index in [1.54, 1.807) is 35.3 Å². The quantitative estimate of drug-likeness (QED) is 0.416. The topological polar surface area (TPSA) is 109 Å². The molecular weight excluding hydrogens is 436 g/mol. The summed E-state index contributed by atoms with van der Waals surface area (Å²) in [5.41, 5.74) is -0.215. The van der Waals surface area contributed by atoms with E-state index in [0.29, 0.717) is 44.3 Å². The predicted molar refractivity (Wildman–Crippen MR) is 117 cm³/mol. The van der Waals surface area contributed by atoms with E-state index in [1.165, 1.54) is 0 Å². The minimum Gasteiger partial charge on any atom is -0.394 e. The van der Waals surface area contributed by atoms with Gasteiger partial charge in [0.15, 0.2) is 0 Å². The summed E-state index contributed by atoms with van der Waals surface area (Å²) >= 11 is 4.86. The number of aliphatic hydroxyl groups excluding tert-OH is 4. The van der Waals surface area contributed by atoms with Crippen molar-refractivity contribution in [1.29, 1.82) is 0 Å². The zero-order chi connectivity index (χ0) is 20.8. The van der Waals surface area contributed by atoms with Gasteiger partial charge in [0.25, 0.3) is 0 Å². The van der Waals surface area contributed by atoms with E-state index < -0.39 is 12.2 Å². The van der Waals surface area contributed by atoms with Crippen LogP contribution < -0.4 is 0 Å². The summed E-state index contributed by atoms with van der Waals surface area (Å²) in [5.74, 6) is 1.42. The first-order valence-electron chi connectivity index (χ1n) is 10.3. The molecule has 7 nitrogen and oxygen atoms in total. The van der Waals surface area contributed by atoms with E-state index in [4.69, 9.17) is 14.2 Å². The molecule has 0 aliphatic carbocycles. The van der Waals surface area contributed by atoms with Crippen LogP contribution in [0.1, 0.15) is 38.5 Å². The standard InChI is InChI=1S/C19H34O7S3/c1-27-17-5-12(22)3-15(25-17)9-29-19-7-13(23)4-16(26-19)10-28-18-6-11(21)2-14(8-20)24-18/h11-23H,2-10H2,1H3. The zero-order valence-electron chi connectivity index (χ0n) is 16.8. The van der Waals surface area contributed by atoms with Crippen molar-refractivity contribution < 1.29 is 34.6 Å². The van der Waals surface area contributed by atoms with Crippen LogP contribution in [-0.2, 0) is 14.2 Å². The van der Waals surface area contributed by atoms with Gasteiger partial charge in [0, 0.05) is 50.0 Å². The Bertz CT molecular complexity index is 449. The molecule has 3 aliphatic heterocycles. The number of ether oxygens (including phenoxy) is 3. The Hall–Kier alpha value is 0.770. The largest absolute Gasteiger partial charge is 0.394 e. The van der Waals surface area contributed by atoms with Crippen LogP contribution in [0, 0.1) is 0 Å². The lowest BCUT2D eigenvalue weighted by Gasteiger charge is -2.36. The third kappa shape index (κ3) is 8.00. The fourth-order valence-corrected chi connectivity index (χ4v) is 7.13. The lowest BCUT2D eigenvalue weighted by Crippen LogP contribution is -2.39. The number of rotatable bonds is 8. The Morgan fingerprint density at radius 1 is 0.655 bits per heavy atom. The molecule has 9 unspecified atom stereocenters. The number of aliphatic hydroxyl groups is 4. The highest BCUT2D eigenvalue weighted by Gasteiger charge is 2.34. The Labute approximate surface area is 185 Å². The van der Waals surface area contributed by atoms with Gasteiger partial charge in [-0.15, -0.1) is 35.3 Å². The monoisotopic (exact) mass is 470 g/mol. The summed E-state index contributed by atoms with van der Waals surface area (Å²) in [5, 5.41) is 39.6. The van der Waals surface area contributed by atoms with Crippen molar-refractivity contribution in [3.8, 4) is 0 Å². The van der Waals surface area contributed by atoms with Crippen LogP contribution in [0.5, 0.6) is 0 Å². The van der Waals surface area contributed by atoms with Gasteiger partial charge >= 0.3 is 0 Å². The van der Waals surface area contributed by atoms with Crippen molar-refractivity contribution in [1.82, 2.24) is 0 Å². The Morgan fingerprint density at radius 2 is 1.07 bits per heavy atom. The van der Waals surface area contributed by atoms with Crippen molar-refractivity contribution >= 4 is 35.3 Å². The first kappa shape index (κ1) is 24.4. The maximum Gasteiger partial charge on any atom is 0.106 e. The number of hydrogen-bond acceptors (Lipinski definition) is 10. The van der Waals surface area contributed by atoms with Gasteiger partial charge in [-0.25, -0.2) is 0 Å². The summed E-state index contributed by atoms with van der Waals surface area (Å²) in [4.78, 5) is 0. The van der Waals surface area contributed by atoms with E-state index in [1.807, 2.05) is 6.26 Å². The second kappa shape index (κ2) is 12.1. The summed E-state index contributed by atoms with van der Waals surface area (Å²) in [6, 6.07) is 0. The molecule has 10 heteroatoms. The molecule has 3 fully saturated rings. The molecule has 3 saturated heterocycles. The fourth-order valence-electron chi connectivity index (χ4n) is 3.97. The zero-order valence-corrected chi connectivity index (χ0v) is 19.2. The van der Waals surface area contributed by atoms with Crippen molar-refractivity contribution in [2.24, 2.45) is 0 Å². The van der Waals surface area contributed by atoms with Crippen molar-refractivity contribution in [3.63, 3.8) is 0 Å². The SMILES string of the molecule is CSC1CC(O)CC(CSC2CC(O)CC(CSC3CC(O)CC(CO)O3)O2)O1. The molecule has 0 bridgehead atoms. The Morgan fingerprint density at radius 3 is 1.55 bits per heavy atom. The lowest BCUT2D eigenvalue weighted by atomic mass is 10.1. The van der Waals surface area contributed by atoms with Gasteiger partial charge in [0.05, 0.1) is 43.2 Å². The lowest BCUT2D eigenvalue weighted by molar-refractivity contribution is -0.0793. The molecule has 9 atom stereocenters. The molecule has 3 rings (SSSR count). The molecule has 3 heterocycles. The van der Waals surface area contributed by atoms with Gasteiger partial charge in [-0.1, -0.05) is 0 Å². The van der Waals surface area contributed by atoms with E-state index in [0.717, 1.165) is 5.75 Å². The third-order valence-corrected chi connectivity index (χ3v) is 8.74. The summed E-state index contributed by atoms with van der Waals surface area (Å²) < 4.78 is 18.0. The molecular formula is C19H34O7S3. The van der Waals surface area contributed by atoms with Crippen LogP contribution in [0.15, 0.2) is 0 Å². The highest BCUT2D eigenvalue weighted by molar-refractivity contribution is 8.00. The van der Waals surface area contributed by atoms with Crippen LogP contribution in [0.2, 0.25) is 0 Å². The minimum absolute atomic E-state index is 0.00392. The van der Waals surface area contributed by atoms with E-state index in [9.17, 15) is 20.4 Å². The molecule has 0 amide bonds. The second-order valence-corrected chi connectivity index (χ2v) is 11.4. The molecule has 0 spiro atoms. The molecule has 0 aromatic rings. The first-order valence-corrected chi connectivity index (χ1v) is 13.7. The summed E-state index contributed by atoms with van der Waals surface area (Å²) in [7, 11) is 0. The smallest absolute Gasteiger partial charge is 0.106 e. The van der Waals surface area contributed by atoms with E-state index in [-0.39, 0.29) is 47.3 Å². The summed E-state index contributed by atoms with van der Waals surface area (Å²) in [6.45, 7) is -0.0825. The van der Waals surface area contributed by atoms with Gasteiger partial charge in [-0.3, -0.25) is 0 Å². The molecule has 0 aromatic heterocycles. The summed E-state index contributed by atoms with van der Waals surface area (Å²) in [6.07, 6.45) is 3.98. The number of thioether (sulfide) groups is 3. The van der Waals surface area contributed by atoms with Gasteiger partial charge in [0.2, 0.25) is 0 Å². The highest BCUT2D eigenvalue weighted by atomic mass is 32.2. The minimum atomic E-state index is -0.449. The van der Waals surface area contributed by atoms with Gasteiger partial charge < -0.3 is 34.6 Å². The molecule has 0 saturated carbocycles. The van der Waals surface area contributed by atoms with Crippen LogP contribution >= 0.6 is 35.3 Å². The van der Waals surface area contributed by atoms with Crippen molar-refractivity contribution in [3.05, 3.63) is 0 Å². The number of hydrogen-bond donors (Lipinski definition) is 4. The first-order chi connectivity index (χ1) is 13.9. The van der Waals surface area contributed by atoms with Crippen molar-refractivity contribution in [2.45, 2.75) is 91.5 Å². The highest BCUT2D eigenvalue weighted by Crippen LogP contribution is 2.35. The molecule has 4 N–H and O–H groups in total. The molecule has 0 radical (unpaired) electrons. The molecule has 170 valence electrons. The van der Waals surface area contributed by atoms with E-state index >= 15 is 0 Å². The molecule has 29 heavy (non-hydrogen) atoms. The van der Waals surface area contributed by atoms with Crippen LogP contribution in [-0.4, -0.2) is 97.7 Å². The predicted octanol–water partition coefficient (Wildman–Crippen LogP) is 1.41. The maximum atomic E-state index is 10.3. The third-order valence-electron chi connectivity index (χ3n) is 5.43. The molecule has 3 aliphatic rings. The Balaban J connectivity index is 1.41. The second-order valence-electron chi connectivity index (χ2n) is 8.02. The fraction of sp³-hybridized carbons (Fsp3) is 1.00. The normalized spacial score (nSPS) is 44.0.